The van der Waals surface area contributed by atoms with E-state index >= 15 is 0 Å². The summed E-state index contributed by atoms with van der Waals surface area (Å²) in [5.74, 6) is 2.00. The predicted octanol–water partition coefficient (Wildman–Crippen LogP) is 3.44. The number of hydrogen-bond donors (Lipinski definition) is 1. The van der Waals surface area contributed by atoms with E-state index in [9.17, 15) is 0 Å². The Morgan fingerprint density at radius 2 is 2.19 bits per heavy atom. The Hall–Kier alpha value is -1.59. The molecule has 1 aromatic carbocycles. The van der Waals surface area contributed by atoms with Gasteiger partial charge in [0.1, 0.15) is 0 Å². The molecule has 0 spiro atoms. The van der Waals surface area contributed by atoms with E-state index in [0.29, 0.717) is 12.5 Å². The Labute approximate surface area is 130 Å². The molecule has 0 amide bonds. The topological polar surface area (TPSA) is 43.4 Å². The van der Waals surface area contributed by atoms with Crippen LogP contribution in [-0.4, -0.2) is 25.2 Å². The standard InChI is InChI=1S/C16H22N2O2S/c1-4-20-14-6-5-13(9-15(14)19-3)11-17-10-12(2)16-18-7-8-21-16/h5-9,12,17H,4,10-11H2,1-3H3. The molecule has 4 nitrogen and oxygen atoms in total. The third-order valence-corrected chi connectivity index (χ3v) is 4.19. The van der Waals surface area contributed by atoms with Crippen LogP contribution in [0.2, 0.25) is 0 Å². The Morgan fingerprint density at radius 3 is 2.86 bits per heavy atom. The van der Waals surface area contributed by atoms with E-state index < -0.39 is 0 Å². The molecule has 1 aromatic heterocycles. The van der Waals surface area contributed by atoms with E-state index in [1.807, 2.05) is 30.6 Å². The Balaban J connectivity index is 1.88. The summed E-state index contributed by atoms with van der Waals surface area (Å²) >= 11 is 1.70. The van der Waals surface area contributed by atoms with Crippen LogP contribution in [0.3, 0.4) is 0 Å². The zero-order valence-electron chi connectivity index (χ0n) is 12.8. The van der Waals surface area contributed by atoms with Gasteiger partial charge in [0.15, 0.2) is 11.5 Å². The van der Waals surface area contributed by atoms with E-state index in [4.69, 9.17) is 9.47 Å². The fourth-order valence-corrected chi connectivity index (χ4v) is 2.79. The molecule has 0 radical (unpaired) electrons. The van der Waals surface area contributed by atoms with E-state index in [2.05, 4.69) is 23.3 Å². The van der Waals surface area contributed by atoms with Crippen molar-refractivity contribution in [2.45, 2.75) is 26.3 Å². The second-order valence-corrected chi connectivity index (χ2v) is 5.75. The minimum Gasteiger partial charge on any atom is -0.493 e. The van der Waals surface area contributed by atoms with Crippen molar-refractivity contribution in [3.05, 3.63) is 40.3 Å². The highest BCUT2D eigenvalue weighted by atomic mass is 32.1. The molecule has 2 aromatic rings. The van der Waals surface area contributed by atoms with Gasteiger partial charge < -0.3 is 14.8 Å². The Kier molecular flexibility index (Phi) is 6.02. The molecule has 1 unspecified atom stereocenters. The highest BCUT2D eigenvalue weighted by Gasteiger charge is 2.08. The molecule has 0 saturated carbocycles. The fraction of sp³-hybridized carbons (Fsp3) is 0.438. The molecular weight excluding hydrogens is 284 g/mol. The van der Waals surface area contributed by atoms with Crippen molar-refractivity contribution in [3.63, 3.8) is 0 Å². The molecule has 0 aliphatic heterocycles. The van der Waals surface area contributed by atoms with Crippen LogP contribution in [0.25, 0.3) is 0 Å². The number of aromatic nitrogens is 1. The molecule has 5 heteroatoms. The minimum absolute atomic E-state index is 0.426. The van der Waals surface area contributed by atoms with Gasteiger partial charge in [0.25, 0.3) is 0 Å². The average molecular weight is 306 g/mol. The lowest BCUT2D eigenvalue weighted by Crippen LogP contribution is -2.19. The summed E-state index contributed by atoms with van der Waals surface area (Å²) < 4.78 is 10.9. The lowest BCUT2D eigenvalue weighted by Gasteiger charge is -2.13. The molecule has 0 saturated heterocycles. The summed E-state index contributed by atoms with van der Waals surface area (Å²) in [6.45, 7) is 6.50. The molecule has 1 N–H and O–H groups in total. The van der Waals surface area contributed by atoms with Crippen LogP contribution in [0.15, 0.2) is 29.8 Å². The number of thiazole rings is 1. The zero-order chi connectivity index (χ0) is 15.1. The first-order chi connectivity index (χ1) is 10.2. The molecule has 21 heavy (non-hydrogen) atoms. The lowest BCUT2D eigenvalue weighted by atomic mass is 10.1. The van der Waals surface area contributed by atoms with E-state index in [0.717, 1.165) is 24.6 Å². The summed E-state index contributed by atoms with van der Waals surface area (Å²) in [5, 5.41) is 6.65. The third-order valence-electron chi connectivity index (χ3n) is 3.18. The van der Waals surface area contributed by atoms with Gasteiger partial charge in [-0.3, -0.25) is 0 Å². The highest BCUT2D eigenvalue weighted by Crippen LogP contribution is 2.28. The highest BCUT2D eigenvalue weighted by molar-refractivity contribution is 7.09. The summed E-state index contributed by atoms with van der Waals surface area (Å²) in [6, 6.07) is 6.05. The smallest absolute Gasteiger partial charge is 0.161 e. The first-order valence-corrected chi connectivity index (χ1v) is 8.02. The number of rotatable bonds is 8. The van der Waals surface area contributed by atoms with Gasteiger partial charge in [0.05, 0.1) is 18.7 Å². The summed E-state index contributed by atoms with van der Waals surface area (Å²) in [6.07, 6.45) is 1.85. The number of benzene rings is 1. The molecule has 114 valence electrons. The fourth-order valence-electron chi connectivity index (χ4n) is 2.09. The number of nitrogens with zero attached hydrogens (tertiary/aromatic N) is 1. The molecular formula is C16H22N2O2S. The van der Waals surface area contributed by atoms with Crippen molar-refractivity contribution in [1.29, 1.82) is 0 Å². The number of nitrogens with one attached hydrogen (secondary N) is 1. The van der Waals surface area contributed by atoms with Crippen LogP contribution in [-0.2, 0) is 6.54 Å². The van der Waals surface area contributed by atoms with Crippen molar-refractivity contribution < 1.29 is 9.47 Å². The summed E-state index contributed by atoms with van der Waals surface area (Å²) in [4.78, 5) is 4.34. The first-order valence-electron chi connectivity index (χ1n) is 7.14. The van der Waals surface area contributed by atoms with E-state index in [-0.39, 0.29) is 0 Å². The second kappa shape index (κ2) is 8.00. The van der Waals surface area contributed by atoms with Gasteiger partial charge in [0, 0.05) is 30.6 Å². The van der Waals surface area contributed by atoms with Gasteiger partial charge >= 0.3 is 0 Å². The van der Waals surface area contributed by atoms with Crippen molar-refractivity contribution in [2.24, 2.45) is 0 Å². The van der Waals surface area contributed by atoms with Crippen molar-refractivity contribution >= 4 is 11.3 Å². The first kappa shape index (κ1) is 15.8. The van der Waals surface area contributed by atoms with Crippen LogP contribution in [0.5, 0.6) is 11.5 Å². The molecule has 2 rings (SSSR count). The van der Waals surface area contributed by atoms with Crippen molar-refractivity contribution in [1.82, 2.24) is 10.3 Å². The molecule has 0 fully saturated rings. The average Bonchev–Trinajstić information content (AvgIpc) is 3.03. The van der Waals surface area contributed by atoms with Crippen LogP contribution in [0.4, 0.5) is 0 Å². The minimum atomic E-state index is 0.426. The van der Waals surface area contributed by atoms with Gasteiger partial charge in [0.2, 0.25) is 0 Å². The van der Waals surface area contributed by atoms with Crippen molar-refractivity contribution in [3.8, 4) is 11.5 Å². The predicted molar refractivity (Wildman–Crippen MR) is 86.4 cm³/mol. The van der Waals surface area contributed by atoms with Crippen LogP contribution >= 0.6 is 11.3 Å². The number of hydrogen-bond acceptors (Lipinski definition) is 5. The van der Waals surface area contributed by atoms with Gasteiger partial charge in [-0.1, -0.05) is 13.0 Å². The molecule has 1 atom stereocenters. The Morgan fingerprint density at radius 1 is 1.33 bits per heavy atom. The van der Waals surface area contributed by atoms with Gasteiger partial charge in [-0.2, -0.15) is 0 Å². The maximum Gasteiger partial charge on any atom is 0.161 e. The summed E-state index contributed by atoms with van der Waals surface area (Å²) in [7, 11) is 1.67. The molecule has 1 heterocycles. The maximum absolute atomic E-state index is 5.52. The van der Waals surface area contributed by atoms with Gasteiger partial charge in [-0.15, -0.1) is 11.3 Å². The third kappa shape index (κ3) is 4.44. The summed E-state index contributed by atoms with van der Waals surface area (Å²) in [5.41, 5.74) is 1.18. The van der Waals surface area contributed by atoms with E-state index in [1.165, 1.54) is 10.6 Å². The van der Waals surface area contributed by atoms with Gasteiger partial charge in [-0.05, 0) is 24.6 Å². The van der Waals surface area contributed by atoms with Crippen LogP contribution in [0.1, 0.15) is 30.3 Å². The largest absolute Gasteiger partial charge is 0.493 e. The number of ether oxygens (including phenoxy) is 2. The Bertz CT molecular complexity index is 543. The zero-order valence-corrected chi connectivity index (χ0v) is 13.6. The van der Waals surface area contributed by atoms with Crippen molar-refractivity contribution in [2.75, 3.05) is 20.3 Å². The van der Waals surface area contributed by atoms with Crippen LogP contribution < -0.4 is 14.8 Å². The molecule has 0 aliphatic carbocycles. The van der Waals surface area contributed by atoms with Crippen LogP contribution in [0, 0.1) is 0 Å². The monoisotopic (exact) mass is 306 g/mol. The quantitative estimate of drug-likeness (QED) is 0.811. The maximum atomic E-state index is 5.52. The SMILES string of the molecule is CCOc1ccc(CNCC(C)c2nccs2)cc1OC. The molecule has 0 aliphatic rings. The lowest BCUT2D eigenvalue weighted by molar-refractivity contribution is 0.310. The van der Waals surface area contributed by atoms with Gasteiger partial charge in [-0.25, -0.2) is 4.98 Å². The molecule has 0 bridgehead atoms. The van der Waals surface area contributed by atoms with E-state index in [1.54, 1.807) is 18.4 Å². The number of methoxy groups -OCH3 is 1. The normalized spacial score (nSPS) is 12.1. The second-order valence-electron chi connectivity index (χ2n) is 4.82.